The molecule has 0 spiro atoms. The molecule has 6 heteroatoms. The molecule has 0 radical (unpaired) electrons. The summed E-state index contributed by atoms with van der Waals surface area (Å²) in [6.45, 7) is 4.05. The van der Waals surface area contributed by atoms with Crippen LogP contribution in [0.3, 0.4) is 0 Å². The van der Waals surface area contributed by atoms with Crippen LogP contribution in [0.1, 0.15) is 26.3 Å². The van der Waals surface area contributed by atoms with E-state index in [1.165, 1.54) is 7.05 Å². The molecule has 1 fully saturated rings. The Morgan fingerprint density at radius 2 is 2.18 bits per heavy atom. The van der Waals surface area contributed by atoms with E-state index in [1.54, 1.807) is 10.9 Å². The van der Waals surface area contributed by atoms with Crippen molar-refractivity contribution in [2.45, 2.75) is 32.4 Å². The Morgan fingerprint density at radius 1 is 1.47 bits per heavy atom. The van der Waals surface area contributed by atoms with Gasteiger partial charge in [0.2, 0.25) is 5.91 Å². The van der Waals surface area contributed by atoms with E-state index in [2.05, 4.69) is 10.4 Å². The van der Waals surface area contributed by atoms with E-state index in [9.17, 15) is 9.59 Å². The molecule has 17 heavy (non-hydrogen) atoms. The SMILES string of the molecule is CC(C)n1cc(NC2CC(=O)N(C)C2=O)cn1. The van der Waals surface area contributed by atoms with Crippen LogP contribution in [-0.2, 0) is 9.59 Å². The van der Waals surface area contributed by atoms with Crippen molar-refractivity contribution >= 4 is 17.5 Å². The summed E-state index contributed by atoms with van der Waals surface area (Å²) in [5, 5.41) is 7.20. The Hall–Kier alpha value is -1.85. The molecule has 2 amide bonds. The minimum absolute atomic E-state index is 0.149. The van der Waals surface area contributed by atoms with Crippen molar-refractivity contribution in [1.82, 2.24) is 14.7 Å². The zero-order chi connectivity index (χ0) is 12.6. The lowest BCUT2D eigenvalue weighted by Gasteiger charge is -2.10. The van der Waals surface area contributed by atoms with Gasteiger partial charge in [-0.3, -0.25) is 19.2 Å². The zero-order valence-corrected chi connectivity index (χ0v) is 10.2. The fourth-order valence-corrected chi connectivity index (χ4v) is 1.76. The smallest absolute Gasteiger partial charge is 0.251 e. The molecular weight excluding hydrogens is 220 g/mol. The average Bonchev–Trinajstić information content (AvgIpc) is 2.82. The summed E-state index contributed by atoms with van der Waals surface area (Å²) < 4.78 is 1.80. The highest BCUT2D eigenvalue weighted by molar-refractivity contribution is 6.06. The molecule has 1 aromatic rings. The fraction of sp³-hybridized carbons (Fsp3) is 0.545. The predicted molar refractivity (Wildman–Crippen MR) is 62.4 cm³/mol. The van der Waals surface area contributed by atoms with Gasteiger partial charge in [-0.15, -0.1) is 0 Å². The van der Waals surface area contributed by atoms with Gasteiger partial charge in [0, 0.05) is 19.3 Å². The maximum Gasteiger partial charge on any atom is 0.251 e. The van der Waals surface area contributed by atoms with Gasteiger partial charge in [-0.05, 0) is 13.8 Å². The highest BCUT2D eigenvalue weighted by Gasteiger charge is 2.36. The number of nitrogens with one attached hydrogen (secondary N) is 1. The van der Waals surface area contributed by atoms with Gasteiger partial charge < -0.3 is 5.32 Å². The van der Waals surface area contributed by atoms with Gasteiger partial charge in [-0.2, -0.15) is 5.10 Å². The number of carbonyl (C=O) groups is 2. The van der Waals surface area contributed by atoms with Crippen LogP contribution in [-0.4, -0.2) is 39.6 Å². The highest BCUT2D eigenvalue weighted by atomic mass is 16.2. The van der Waals surface area contributed by atoms with Crippen LogP contribution in [0.25, 0.3) is 0 Å². The second-order valence-corrected chi connectivity index (χ2v) is 4.49. The normalized spacial score (nSPS) is 20.5. The van der Waals surface area contributed by atoms with Crippen molar-refractivity contribution in [3.8, 4) is 0 Å². The van der Waals surface area contributed by atoms with Crippen molar-refractivity contribution in [1.29, 1.82) is 0 Å². The first-order chi connectivity index (χ1) is 7.99. The van der Waals surface area contributed by atoms with Gasteiger partial charge >= 0.3 is 0 Å². The summed E-state index contributed by atoms with van der Waals surface area (Å²) in [4.78, 5) is 24.2. The molecule has 1 aliphatic rings. The van der Waals surface area contributed by atoms with Gasteiger partial charge in [0.05, 0.1) is 18.3 Å². The van der Waals surface area contributed by atoms with Crippen LogP contribution in [0.2, 0.25) is 0 Å². The lowest BCUT2D eigenvalue weighted by Crippen LogP contribution is -2.31. The number of hydrogen-bond donors (Lipinski definition) is 1. The molecule has 1 N–H and O–H groups in total. The lowest BCUT2D eigenvalue weighted by molar-refractivity contribution is -0.136. The Balaban J connectivity index is 2.06. The monoisotopic (exact) mass is 236 g/mol. The third kappa shape index (κ3) is 2.15. The molecule has 1 unspecified atom stereocenters. The van der Waals surface area contributed by atoms with Gasteiger partial charge in [-0.25, -0.2) is 0 Å². The standard InChI is InChI=1S/C11H16N4O2/c1-7(2)15-6-8(5-12-15)13-9-4-10(16)14(3)11(9)17/h5-7,9,13H,4H2,1-3H3. The molecular formula is C11H16N4O2. The van der Waals surface area contributed by atoms with E-state index in [1.807, 2.05) is 20.0 Å². The van der Waals surface area contributed by atoms with Gasteiger partial charge in [0.15, 0.2) is 0 Å². The molecule has 6 nitrogen and oxygen atoms in total. The van der Waals surface area contributed by atoms with Crippen LogP contribution in [0.5, 0.6) is 0 Å². The average molecular weight is 236 g/mol. The summed E-state index contributed by atoms with van der Waals surface area (Å²) >= 11 is 0. The second kappa shape index (κ2) is 4.20. The van der Waals surface area contributed by atoms with Gasteiger partial charge in [0.1, 0.15) is 6.04 Å². The molecule has 1 aliphatic heterocycles. The molecule has 1 atom stereocenters. The number of likely N-dealkylation sites (tertiary alicyclic amines) is 1. The Kier molecular flexibility index (Phi) is 2.87. The molecule has 0 aliphatic carbocycles. The Labute approximate surface area is 99.6 Å². The first-order valence-corrected chi connectivity index (χ1v) is 5.60. The zero-order valence-electron chi connectivity index (χ0n) is 10.2. The highest BCUT2D eigenvalue weighted by Crippen LogP contribution is 2.17. The second-order valence-electron chi connectivity index (χ2n) is 4.49. The fourth-order valence-electron chi connectivity index (χ4n) is 1.76. The molecule has 1 aromatic heterocycles. The molecule has 92 valence electrons. The number of nitrogens with zero attached hydrogens (tertiary/aromatic N) is 3. The largest absolute Gasteiger partial charge is 0.371 e. The number of anilines is 1. The van der Waals surface area contributed by atoms with Crippen molar-refractivity contribution in [3.05, 3.63) is 12.4 Å². The van der Waals surface area contributed by atoms with Crippen molar-refractivity contribution in [2.75, 3.05) is 12.4 Å². The number of amides is 2. The molecule has 2 heterocycles. The number of aromatic nitrogens is 2. The third-order valence-corrected chi connectivity index (χ3v) is 2.85. The number of rotatable bonds is 3. The maximum absolute atomic E-state index is 11.7. The summed E-state index contributed by atoms with van der Waals surface area (Å²) in [5.41, 5.74) is 0.764. The lowest BCUT2D eigenvalue weighted by atomic mass is 10.2. The number of hydrogen-bond acceptors (Lipinski definition) is 4. The first kappa shape index (κ1) is 11.6. The van der Waals surface area contributed by atoms with Crippen molar-refractivity contribution in [2.24, 2.45) is 0 Å². The molecule has 2 rings (SSSR count). The van der Waals surface area contributed by atoms with E-state index >= 15 is 0 Å². The van der Waals surface area contributed by atoms with E-state index < -0.39 is 6.04 Å². The number of imide groups is 1. The van der Waals surface area contributed by atoms with E-state index in [0.717, 1.165) is 10.6 Å². The van der Waals surface area contributed by atoms with Crippen LogP contribution < -0.4 is 5.32 Å². The summed E-state index contributed by atoms with van der Waals surface area (Å²) in [5.74, 6) is -0.337. The van der Waals surface area contributed by atoms with E-state index in [4.69, 9.17) is 0 Å². The summed E-state index contributed by atoms with van der Waals surface area (Å²) in [6.07, 6.45) is 3.71. The van der Waals surface area contributed by atoms with E-state index in [0.29, 0.717) is 0 Å². The van der Waals surface area contributed by atoms with Crippen molar-refractivity contribution in [3.63, 3.8) is 0 Å². The minimum atomic E-state index is -0.461. The van der Waals surface area contributed by atoms with Crippen LogP contribution in [0, 0.1) is 0 Å². The maximum atomic E-state index is 11.7. The quantitative estimate of drug-likeness (QED) is 0.782. The summed E-state index contributed by atoms with van der Waals surface area (Å²) in [6, 6.07) is -0.188. The van der Waals surface area contributed by atoms with Gasteiger partial charge in [-0.1, -0.05) is 0 Å². The third-order valence-electron chi connectivity index (χ3n) is 2.85. The minimum Gasteiger partial charge on any atom is -0.371 e. The van der Waals surface area contributed by atoms with Crippen LogP contribution in [0.15, 0.2) is 12.4 Å². The summed E-state index contributed by atoms with van der Waals surface area (Å²) in [7, 11) is 1.50. The van der Waals surface area contributed by atoms with Crippen LogP contribution in [0.4, 0.5) is 5.69 Å². The van der Waals surface area contributed by atoms with Crippen LogP contribution >= 0.6 is 0 Å². The molecule has 0 aromatic carbocycles. The number of carbonyl (C=O) groups excluding carboxylic acids is 2. The van der Waals surface area contributed by atoms with Gasteiger partial charge in [0.25, 0.3) is 5.91 Å². The predicted octanol–water partition coefficient (Wildman–Crippen LogP) is 0.633. The Morgan fingerprint density at radius 3 is 2.65 bits per heavy atom. The number of likely N-dealkylation sites (N-methyl/N-ethyl adjacent to an activating group) is 1. The first-order valence-electron chi connectivity index (χ1n) is 5.60. The topological polar surface area (TPSA) is 67.2 Å². The molecule has 0 bridgehead atoms. The van der Waals surface area contributed by atoms with E-state index in [-0.39, 0.29) is 24.3 Å². The molecule has 1 saturated heterocycles. The molecule has 0 saturated carbocycles. The Bertz CT molecular complexity index is 452. The van der Waals surface area contributed by atoms with Crippen molar-refractivity contribution < 1.29 is 9.59 Å².